The number of carbonyl (C=O) groups excluding carboxylic acids is 2. The van der Waals surface area contributed by atoms with Crippen LogP contribution in [-0.4, -0.2) is 90.6 Å². The van der Waals surface area contributed by atoms with E-state index in [0.717, 1.165) is 16.7 Å². The summed E-state index contributed by atoms with van der Waals surface area (Å²) in [5, 5.41) is 34.5. The number of nitrogens with one attached hydrogen (secondary N) is 4. The smallest absolute Gasteiger partial charge is 0.315 e. The molecule has 1 aliphatic heterocycles. The number of amides is 3. The summed E-state index contributed by atoms with van der Waals surface area (Å²) >= 11 is 0. The highest BCUT2D eigenvalue weighted by atomic mass is 16.3. The Labute approximate surface area is 301 Å². The molecule has 0 radical (unpaired) electrons. The molecule has 270 valence electrons. The second kappa shape index (κ2) is 15.7. The summed E-state index contributed by atoms with van der Waals surface area (Å²) in [7, 11) is 0. The maximum Gasteiger partial charge on any atom is 0.315 e. The lowest BCUT2D eigenvalue weighted by molar-refractivity contribution is -0.122. The average molecular weight is 705 g/mol. The second-order valence-corrected chi connectivity index (χ2v) is 13.4. The van der Waals surface area contributed by atoms with Gasteiger partial charge in [-0.2, -0.15) is 9.97 Å². The van der Waals surface area contributed by atoms with Crippen molar-refractivity contribution in [1.29, 1.82) is 0 Å². The molecule has 5 atom stereocenters. The van der Waals surface area contributed by atoms with Crippen LogP contribution in [0.2, 0.25) is 0 Å². The van der Waals surface area contributed by atoms with Crippen molar-refractivity contribution in [3.63, 3.8) is 0 Å². The van der Waals surface area contributed by atoms with Crippen molar-refractivity contribution in [2.45, 2.75) is 69.0 Å². The highest BCUT2D eigenvalue weighted by Crippen LogP contribution is 2.35. The summed E-state index contributed by atoms with van der Waals surface area (Å²) < 4.78 is 1.78. The van der Waals surface area contributed by atoms with Crippen LogP contribution in [-0.2, 0) is 11.3 Å². The number of rotatable bonds is 12. The van der Waals surface area contributed by atoms with E-state index in [4.69, 9.17) is 15.0 Å². The number of benzene rings is 2. The van der Waals surface area contributed by atoms with Gasteiger partial charge in [0.1, 0.15) is 12.2 Å². The number of urea groups is 1. The summed E-state index contributed by atoms with van der Waals surface area (Å²) in [6.45, 7) is 3.73. The van der Waals surface area contributed by atoms with Gasteiger partial charge in [0.25, 0.3) is 0 Å². The van der Waals surface area contributed by atoms with Crippen LogP contribution < -0.4 is 26.2 Å². The molecule has 1 aliphatic carbocycles. The monoisotopic (exact) mass is 704 g/mol. The quantitative estimate of drug-likeness (QED) is 0.113. The van der Waals surface area contributed by atoms with Crippen molar-refractivity contribution in [3.8, 4) is 0 Å². The number of hydrogen-bond donors (Lipinski definition) is 6. The fourth-order valence-electron chi connectivity index (χ4n) is 7.13. The summed E-state index contributed by atoms with van der Waals surface area (Å²) in [6.07, 6.45) is 3.99. The van der Waals surface area contributed by atoms with Crippen LogP contribution in [0.25, 0.3) is 11.2 Å². The number of nitrogens with zero attached hydrogens (tertiary/aromatic N) is 6. The minimum Gasteiger partial charge on any atom is -0.388 e. The molecule has 2 fully saturated rings. The Bertz CT molecular complexity index is 1920. The molecular weight excluding hydrogens is 660 g/mol. The molecule has 14 heteroatoms. The highest BCUT2D eigenvalue weighted by Gasteiger charge is 2.44. The van der Waals surface area contributed by atoms with E-state index < -0.39 is 24.3 Å². The third-order valence-electron chi connectivity index (χ3n) is 9.95. The lowest BCUT2D eigenvalue weighted by Gasteiger charge is -2.22. The SMILES string of the molecule is CCC(=O)N[C@H]1C[C@@H](n2cnc3c(NCC(c4ccccc4)c4ccccc4)nc(N4CC[C@@H](NC(=O)NCc5cccnc5)C4)nc32)[C@H](O)[C@@H]1O. The van der Waals surface area contributed by atoms with E-state index in [1.165, 1.54) is 0 Å². The van der Waals surface area contributed by atoms with Crippen molar-refractivity contribution in [2.75, 3.05) is 29.9 Å². The van der Waals surface area contributed by atoms with Crippen LogP contribution in [0, 0.1) is 0 Å². The molecule has 6 N–H and O–H groups in total. The number of aromatic nitrogens is 5. The Morgan fingerprint density at radius 3 is 2.38 bits per heavy atom. The van der Waals surface area contributed by atoms with E-state index in [2.05, 4.69) is 50.5 Å². The number of pyridine rings is 1. The molecule has 1 saturated carbocycles. The first-order valence-corrected chi connectivity index (χ1v) is 17.8. The van der Waals surface area contributed by atoms with Gasteiger partial charge in [-0.3, -0.25) is 9.78 Å². The average Bonchev–Trinajstić information content (AvgIpc) is 3.90. The number of anilines is 2. The first-order chi connectivity index (χ1) is 25.4. The van der Waals surface area contributed by atoms with Crippen LogP contribution in [0.5, 0.6) is 0 Å². The zero-order valence-electron chi connectivity index (χ0n) is 29.0. The van der Waals surface area contributed by atoms with Gasteiger partial charge >= 0.3 is 6.03 Å². The Balaban J connectivity index is 1.16. The van der Waals surface area contributed by atoms with Crippen molar-refractivity contribution >= 4 is 34.9 Å². The molecule has 14 nitrogen and oxygen atoms in total. The molecule has 4 heterocycles. The van der Waals surface area contributed by atoms with Crippen LogP contribution >= 0.6 is 0 Å². The number of carbonyl (C=O) groups is 2. The summed E-state index contributed by atoms with van der Waals surface area (Å²) in [4.78, 5) is 45.8. The zero-order valence-corrected chi connectivity index (χ0v) is 29.0. The van der Waals surface area contributed by atoms with Gasteiger partial charge in [0, 0.05) is 57.0 Å². The summed E-state index contributed by atoms with van der Waals surface area (Å²) in [5.41, 5.74) is 4.22. The molecule has 7 rings (SSSR count). The molecule has 2 aromatic carbocycles. The Morgan fingerprint density at radius 2 is 1.69 bits per heavy atom. The first-order valence-electron chi connectivity index (χ1n) is 17.8. The predicted molar refractivity (Wildman–Crippen MR) is 197 cm³/mol. The molecule has 3 amide bonds. The van der Waals surface area contributed by atoms with Gasteiger partial charge in [-0.15, -0.1) is 0 Å². The van der Waals surface area contributed by atoms with Gasteiger partial charge in [0.05, 0.1) is 18.4 Å². The normalized spacial score (nSPS) is 21.4. The molecule has 1 saturated heterocycles. The fraction of sp³-hybridized carbons (Fsp3) is 0.368. The third-order valence-corrected chi connectivity index (χ3v) is 9.95. The maximum absolute atomic E-state index is 12.8. The van der Waals surface area contributed by atoms with E-state index in [0.29, 0.717) is 62.0 Å². The van der Waals surface area contributed by atoms with Crippen molar-refractivity contribution in [1.82, 2.24) is 40.5 Å². The molecule has 0 bridgehead atoms. The lowest BCUT2D eigenvalue weighted by atomic mass is 9.91. The highest BCUT2D eigenvalue weighted by molar-refractivity contribution is 5.85. The number of hydrogen-bond acceptors (Lipinski definition) is 10. The van der Waals surface area contributed by atoms with Gasteiger partial charge in [0.2, 0.25) is 11.9 Å². The summed E-state index contributed by atoms with van der Waals surface area (Å²) in [6, 6.07) is 22.7. The van der Waals surface area contributed by atoms with E-state index in [1.54, 1.807) is 30.2 Å². The standard InChI is InChI=1S/C38H44N10O4/c1-2-31(49)44-29-18-30(34(51)33(29)50)48-23-42-32-35(40-21-28(25-11-5-3-6-12-25)26-13-7-4-8-14-26)45-37(46-36(32)48)47-17-15-27(22-47)43-38(52)41-20-24-10-9-16-39-19-24/h3-14,16,19,23,27-30,33-34,50-51H,2,15,17-18,20-22H2,1H3,(H,44,49)(H,40,45,46)(H2,41,43,52)/t27-,29+,30-,33-,34+/m1/s1. The van der Waals surface area contributed by atoms with Crippen molar-refractivity contribution in [2.24, 2.45) is 0 Å². The number of aliphatic hydroxyl groups excluding tert-OH is 2. The molecule has 2 aliphatic rings. The Morgan fingerprint density at radius 1 is 0.942 bits per heavy atom. The molecule has 3 aromatic heterocycles. The zero-order chi connectivity index (χ0) is 36.0. The van der Waals surface area contributed by atoms with Crippen LogP contribution in [0.3, 0.4) is 0 Å². The van der Waals surface area contributed by atoms with Gasteiger partial charge in [-0.1, -0.05) is 73.7 Å². The summed E-state index contributed by atoms with van der Waals surface area (Å²) in [5.74, 6) is 0.804. The Kier molecular flexibility index (Phi) is 10.5. The molecule has 0 spiro atoms. The number of fused-ring (bicyclic) bond motifs is 1. The van der Waals surface area contributed by atoms with Crippen LogP contribution in [0.1, 0.15) is 54.8 Å². The van der Waals surface area contributed by atoms with Gasteiger partial charge in [0.15, 0.2) is 17.0 Å². The van der Waals surface area contributed by atoms with Crippen LogP contribution in [0.15, 0.2) is 91.5 Å². The van der Waals surface area contributed by atoms with E-state index in [1.807, 2.05) is 53.4 Å². The van der Waals surface area contributed by atoms with Crippen molar-refractivity contribution in [3.05, 3.63) is 108 Å². The molecule has 5 aromatic rings. The van der Waals surface area contributed by atoms with E-state index in [-0.39, 0.29) is 30.3 Å². The first kappa shape index (κ1) is 34.8. The largest absolute Gasteiger partial charge is 0.388 e. The van der Waals surface area contributed by atoms with E-state index in [9.17, 15) is 19.8 Å². The second-order valence-electron chi connectivity index (χ2n) is 13.4. The lowest BCUT2D eigenvalue weighted by Crippen LogP contribution is -2.43. The van der Waals surface area contributed by atoms with Crippen molar-refractivity contribution < 1.29 is 19.8 Å². The molecule has 0 unspecified atom stereocenters. The maximum atomic E-state index is 12.8. The van der Waals surface area contributed by atoms with Gasteiger partial charge in [-0.05, 0) is 35.6 Å². The fourth-order valence-corrected chi connectivity index (χ4v) is 7.13. The third kappa shape index (κ3) is 7.67. The van der Waals surface area contributed by atoms with Gasteiger partial charge in [-0.25, -0.2) is 9.78 Å². The molecular formula is C38H44N10O4. The minimum atomic E-state index is -1.15. The Hall–Kier alpha value is -5.60. The van der Waals surface area contributed by atoms with Gasteiger partial charge < -0.3 is 40.9 Å². The topological polar surface area (TPSA) is 182 Å². The number of imidazole rings is 1. The van der Waals surface area contributed by atoms with E-state index >= 15 is 0 Å². The minimum absolute atomic E-state index is 0.0123. The predicted octanol–water partition coefficient (Wildman–Crippen LogP) is 3.10. The number of aliphatic hydroxyl groups is 2. The van der Waals surface area contributed by atoms with Crippen LogP contribution in [0.4, 0.5) is 16.6 Å². The molecule has 52 heavy (non-hydrogen) atoms.